The summed E-state index contributed by atoms with van der Waals surface area (Å²) in [6.45, 7) is 2.63. The first-order valence-corrected chi connectivity index (χ1v) is 11.4. The Labute approximate surface area is 207 Å². The summed E-state index contributed by atoms with van der Waals surface area (Å²) in [5.41, 5.74) is 9.11. The van der Waals surface area contributed by atoms with E-state index in [1.165, 1.54) is 39.6 Å². The summed E-state index contributed by atoms with van der Waals surface area (Å²) in [7, 11) is 0. The topological polar surface area (TPSA) is 119 Å². The monoisotopic (exact) mass is 484 g/mol. The van der Waals surface area contributed by atoms with Crippen LogP contribution < -0.4 is 16.6 Å². The maximum absolute atomic E-state index is 13.2. The molecule has 4 rings (SSSR count). The van der Waals surface area contributed by atoms with Gasteiger partial charge in [0.1, 0.15) is 28.8 Å². The zero-order valence-electron chi connectivity index (χ0n) is 19.7. The summed E-state index contributed by atoms with van der Waals surface area (Å²) >= 11 is 0. The number of nitrogens with zero attached hydrogens (tertiary/aromatic N) is 4. The van der Waals surface area contributed by atoms with Crippen LogP contribution in [0.25, 0.3) is 5.69 Å². The minimum absolute atomic E-state index is 0.0627. The number of nitrogens with two attached hydrogens (primary N) is 1. The highest BCUT2D eigenvalue weighted by atomic mass is 19.1. The number of aromatic nitrogens is 3. The highest BCUT2D eigenvalue weighted by Gasteiger charge is 2.17. The molecule has 9 heteroatoms. The molecule has 0 radical (unpaired) electrons. The number of nitrogen functional groups attached to an aromatic ring is 1. The molecule has 2 heterocycles. The van der Waals surface area contributed by atoms with Gasteiger partial charge in [-0.05, 0) is 61.7 Å². The van der Waals surface area contributed by atoms with Crippen molar-refractivity contribution in [1.29, 1.82) is 5.26 Å². The fourth-order valence-corrected chi connectivity index (χ4v) is 3.95. The standard InChI is InChI=1S/C27H25FN6O2/c1-18-5-2-6-19(15-18)17-33-14-4-7-22(27(33)36)26(35)31-13-3-8-24-23(16-29)25(30)34(32-24)21-11-9-20(28)10-12-21/h2,4-7,9-12,14-15H,3,8,13,17,30H2,1H3,(H,31,35). The number of hydrogen-bond donors (Lipinski definition) is 2. The van der Waals surface area contributed by atoms with Crippen molar-refractivity contribution in [2.24, 2.45) is 0 Å². The van der Waals surface area contributed by atoms with Gasteiger partial charge in [0.25, 0.3) is 11.5 Å². The number of benzene rings is 2. The predicted octanol–water partition coefficient (Wildman–Crippen LogP) is 3.35. The van der Waals surface area contributed by atoms with Crippen LogP contribution in [0.3, 0.4) is 0 Å². The van der Waals surface area contributed by atoms with Crippen LogP contribution >= 0.6 is 0 Å². The molecule has 36 heavy (non-hydrogen) atoms. The quantitative estimate of drug-likeness (QED) is 0.372. The fourth-order valence-electron chi connectivity index (χ4n) is 3.95. The van der Waals surface area contributed by atoms with Gasteiger partial charge in [0, 0.05) is 12.7 Å². The molecule has 4 aromatic rings. The molecule has 0 aliphatic heterocycles. The Kier molecular flexibility index (Phi) is 7.25. The Hall–Kier alpha value is -4.71. The van der Waals surface area contributed by atoms with Gasteiger partial charge in [0.2, 0.25) is 0 Å². The third-order valence-electron chi connectivity index (χ3n) is 5.75. The van der Waals surface area contributed by atoms with E-state index in [4.69, 9.17) is 5.73 Å². The smallest absolute Gasteiger partial charge is 0.263 e. The summed E-state index contributed by atoms with van der Waals surface area (Å²) in [4.78, 5) is 25.5. The van der Waals surface area contributed by atoms with Crippen molar-refractivity contribution in [3.8, 4) is 11.8 Å². The summed E-state index contributed by atoms with van der Waals surface area (Å²) in [5, 5.41) is 16.7. The molecule has 0 saturated carbocycles. The van der Waals surface area contributed by atoms with Crippen LogP contribution in [0, 0.1) is 24.1 Å². The second-order valence-corrected chi connectivity index (χ2v) is 8.41. The van der Waals surface area contributed by atoms with Crippen LogP contribution in [0.1, 0.15) is 39.2 Å². The van der Waals surface area contributed by atoms with Gasteiger partial charge in [-0.15, -0.1) is 0 Å². The van der Waals surface area contributed by atoms with Gasteiger partial charge < -0.3 is 15.6 Å². The van der Waals surface area contributed by atoms with Crippen molar-refractivity contribution in [2.45, 2.75) is 26.3 Å². The zero-order valence-corrected chi connectivity index (χ0v) is 19.7. The maximum atomic E-state index is 13.2. The average Bonchev–Trinajstić information content (AvgIpc) is 3.18. The second-order valence-electron chi connectivity index (χ2n) is 8.41. The second kappa shape index (κ2) is 10.7. The Morgan fingerprint density at radius 3 is 2.67 bits per heavy atom. The molecule has 3 N–H and O–H groups in total. The van der Waals surface area contributed by atoms with E-state index < -0.39 is 5.91 Å². The van der Waals surface area contributed by atoms with E-state index >= 15 is 0 Å². The molecule has 0 bridgehead atoms. The van der Waals surface area contributed by atoms with E-state index in [0.29, 0.717) is 30.8 Å². The highest BCUT2D eigenvalue weighted by molar-refractivity contribution is 5.93. The normalized spacial score (nSPS) is 10.7. The number of hydrogen-bond acceptors (Lipinski definition) is 5. The van der Waals surface area contributed by atoms with E-state index in [2.05, 4.69) is 16.5 Å². The number of nitriles is 1. The fraction of sp³-hybridized carbons (Fsp3) is 0.185. The summed E-state index contributed by atoms with van der Waals surface area (Å²) in [5.74, 6) is -0.682. The number of aryl methyl sites for hydroxylation is 2. The number of carbonyl (C=O) groups is 1. The van der Waals surface area contributed by atoms with Crippen LogP contribution in [0.4, 0.5) is 10.2 Å². The molecular weight excluding hydrogens is 459 g/mol. The molecule has 0 spiro atoms. The van der Waals surface area contributed by atoms with Crippen LogP contribution in [0.15, 0.2) is 71.7 Å². The lowest BCUT2D eigenvalue weighted by Crippen LogP contribution is -2.33. The van der Waals surface area contributed by atoms with Crippen LogP contribution in [0.5, 0.6) is 0 Å². The molecule has 2 aromatic carbocycles. The van der Waals surface area contributed by atoms with Gasteiger partial charge in [-0.25, -0.2) is 9.07 Å². The van der Waals surface area contributed by atoms with Crippen LogP contribution in [-0.4, -0.2) is 26.8 Å². The highest BCUT2D eigenvalue weighted by Crippen LogP contribution is 2.21. The number of pyridine rings is 1. The van der Waals surface area contributed by atoms with Crippen LogP contribution in [-0.2, 0) is 13.0 Å². The van der Waals surface area contributed by atoms with Gasteiger partial charge in [-0.3, -0.25) is 9.59 Å². The third-order valence-corrected chi connectivity index (χ3v) is 5.75. The predicted molar refractivity (Wildman–Crippen MR) is 134 cm³/mol. The minimum Gasteiger partial charge on any atom is -0.382 e. The Balaban J connectivity index is 1.39. The first-order chi connectivity index (χ1) is 17.4. The first kappa shape index (κ1) is 24.4. The number of rotatable bonds is 8. The molecule has 0 fully saturated rings. The molecule has 0 aliphatic carbocycles. The molecule has 0 unspecified atom stereocenters. The first-order valence-electron chi connectivity index (χ1n) is 11.4. The van der Waals surface area contributed by atoms with Gasteiger partial charge >= 0.3 is 0 Å². The lowest BCUT2D eigenvalue weighted by Gasteiger charge is -2.09. The number of nitrogens with one attached hydrogen (secondary N) is 1. The van der Waals surface area contributed by atoms with E-state index in [0.717, 1.165) is 11.1 Å². The maximum Gasteiger partial charge on any atom is 0.263 e. The number of amides is 1. The van der Waals surface area contributed by atoms with Gasteiger partial charge in [-0.2, -0.15) is 10.4 Å². The van der Waals surface area contributed by atoms with Crippen molar-refractivity contribution in [1.82, 2.24) is 19.7 Å². The molecule has 0 saturated heterocycles. The average molecular weight is 485 g/mol. The van der Waals surface area contributed by atoms with Crippen molar-refractivity contribution in [2.75, 3.05) is 12.3 Å². The third kappa shape index (κ3) is 5.33. The van der Waals surface area contributed by atoms with Gasteiger partial charge in [-0.1, -0.05) is 29.8 Å². The lowest BCUT2D eigenvalue weighted by atomic mass is 10.1. The SMILES string of the molecule is Cc1cccc(Cn2cccc(C(=O)NCCCc3nn(-c4ccc(F)cc4)c(N)c3C#N)c2=O)c1. The number of halogens is 1. The van der Waals surface area contributed by atoms with Gasteiger partial charge in [0.05, 0.1) is 17.9 Å². The number of carbonyl (C=O) groups excluding carboxylic acids is 1. The summed E-state index contributed by atoms with van der Waals surface area (Å²) in [6, 6.07) is 18.7. The summed E-state index contributed by atoms with van der Waals surface area (Å²) in [6.07, 6.45) is 2.52. The molecule has 2 aromatic heterocycles. The van der Waals surface area contributed by atoms with Crippen molar-refractivity contribution in [3.63, 3.8) is 0 Å². The lowest BCUT2D eigenvalue weighted by molar-refractivity contribution is 0.0951. The van der Waals surface area contributed by atoms with E-state index in [9.17, 15) is 19.2 Å². The van der Waals surface area contributed by atoms with E-state index in [1.807, 2.05) is 31.2 Å². The van der Waals surface area contributed by atoms with E-state index in [1.54, 1.807) is 12.3 Å². The molecule has 182 valence electrons. The molecule has 0 aliphatic rings. The van der Waals surface area contributed by atoms with Crippen molar-refractivity contribution >= 4 is 11.7 Å². The van der Waals surface area contributed by atoms with Crippen molar-refractivity contribution < 1.29 is 9.18 Å². The van der Waals surface area contributed by atoms with Gasteiger partial charge in [0.15, 0.2) is 0 Å². The summed E-state index contributed by atoms with van der Waals surface area (Å²) < 4.78 is 16.1. The number of anilines is 1. The molecule has 0 atom stereocenters. The largest absolute Gasteiger partial charge is 0.382 e. The Bertz CT molecular complexity index is 1500. The Morgan fingerprint density at radius 1 is 1.17 bits per heavy atom. The molecular formula is C27H25FN6O2. The zero-order chi connectivity index (χ0) is 25.7. The Morgan fingerprint density at radius 2 is 1.94 bits per heavy atom. The molecule has 8 nitrogen and oxygen atoms in total. The van der Waals surface area contributed by atoms with E-state index in [-0.39, 0.29) is 34.9 Å². The minimum atomic E-state index is -0.463. The molecule has 1 amide bonds. The van der Waals surface area contributed by atoms with Crippen LogP contribution in [0.2, 0.25) is 0 Å². The van der Waals surface area contributed by atoms with Crippen molar-refractivity contribution in [3.05, 3.63) is 111 Å².